The molecule has 10 nitrogen and oxygen atoms in total. The maximum absolute atomic E-state index is 13.4. The molecule has 1 fully saturated rings. The topological polar surface area (TPSA) is 105 Å². The molecular formula is C29H30BN7O3S. The van der Waals surface area contributed by atoms with E-state index in [0.717, 1.165) is 59.0 Å². The molecule has 41 heavy (non-hydrogen) atoms. The molecule has 6 rings (SSSR count). The highest BCUT2D eigenvalue weighted by Crippen LogP contribution is 2.44. The summed E-state index contributed by atoms with van der Waals surface area (Å²) in [5.74, 6) is -0.0420. The number of pyridine rings is 1. The minimum Gasteiger partial charge on any atom is -0.453 e. The Morgan fingerprint density at radius 3 is 2.71 bits per heavy atom. The second-order valence-electron chi connectivity index (χ2n) is 10.5. The van der Waals surface area contributed by atoms with Gasteiger partial charge in [-0.1, -0.05) is 22.9 Å². The molecule has 3 aromatic heterocycles. The number of carbonyl (C=O) groups is 2. The molecule has 2 amide bonds. The summed E-state index contributed by atoms with van der Waals surface area (Å²) in [6, 6.07) is 9.48. The van der Waals surface area contributed by atoms with Crippen LogP contribution < -0.4 is 10.8 Å². The summed E-state index contributed by atoms with van der Waals surface area (Å²) in [5, 5.41) is 8.17. The number of aromatic nitrogens is 4. The number of anilines is 1. The van der Waals surface area contributed by atoms with Crippen molar-refractivity contribution in [3.63, 3.8) is 0 Å². The van der Waals surface area contributed by atoms with Crippen LogP contribution >= 0.6 is 11.3 Å². The first-order valence-electron chi connectivity index (χ1n) is 13.6. The Morgan fingerprint density at radius 2 is 2.00 bits per heavy atom. The van der Waals surface area contributed by atoms with Gasteiger partial charge in [0, 0.05) is 42.2 Å². The molecule has 0 atom stereocenters. The number of piperidine rings is 1. The second kappa shape index (κ2) is 11.1. The van der Waals surface area contributed by atoms with Crippen LogP contribution in [0.2, 0.25) is 0 Å². The Kier molecular flexibility index (Phi) is 7.35. The van der Waals surface area contributed by atoms with Crippen molar-refractivity contribution in [2.45, 2.75) is 31.7 Å². The number of nitrogens with one attached hydrogen (secondary N) is 1. The van der Waals surface area contributed by atoms with E-state index < -0.39 is 6.09 Å². The maximum Gasteiger partial charge on any atom is 0.413 e. The molecule has 1 aliphatic carbocycles. The third-order valence-electron chi connectivity index (χ3n) is 7.90. The van der Waals surface area contributed by atoms with Gasteiger partial charge in [0.2, 0.25) is 0 Å². The third-order valence-corrected chi connectivity index (χ3v) is 8.92. The average Bonchev–Trinajstić information content (AvgIpc) is 3.58. The minimum atomic E-state index is -0.574. The lowest BCUT2D eigenvalue weighted by atomic mass is 9.91. The van der Waals surface area contributed by atoms with E-state index in [0.29, 0.717) is 34.7 Å². The van der Waals surface area contributed by atoms with Gasteiger partial charge in [-0.15, -0.1) is 0 Å². The Labute approximate surface area is 243 Å². The van der Waals surface area contributed by atoms with Gasteiger partial charge in [0.1, 0.15) is 7.85 Å². The van der Waals surface area contributed by atoms with Crippen molar-refractivity contribution in [3.8, 4) is 27.5 Å². The zero-order valence-electron chi connectivity index (χ0n) is 23.3. The summed E-state index contributed by atoms with van der Waals surface area (Å²) in [7, 11) is 11.9. The monoisotopic (exact) mass is 567 g/mol. The van der Waals surface area contributed by atoms with Crippen LogP contribution in [0.1, 0.15) is 34.5 Å². The fraction of sp³-hybridized carbons (Fsp3) is 0.345. The number of carbonyl (C=O) groups excluding carboxylic acids is 2. The van der Waals surface area contributed by atoms with Gasteiger partial charge in [0.05, 0.1) is 34.8 Å². The van der Waals surface area contributed by atoms with Gasteiger partial charge in [-0.05, 0) is 70.1 Å². The van der Waals surface area contributed by atoms with E-state index in [-0.39, 0.29) is 11.9 Å². The van der Waals surface area contributed by atoms with Gasteiger partial charge in [-0.25, -0.2) is 14.5 Å². The molecule has 0 saturated carbocycles. The van der Waals surface area contributed by atoms with Crippen LogP contribution in [0.5, 0.6) is 0 Å². The van der Waals surface area contributed by atoms with E-state index in [2.05, 4.69) is 27.2 Å². The summed E-state index contributed by atoms with van der Waals surface area (Å²) >= 11 is 1.37. The Hall–Kier alpha value is -4.03. The Morgan fingerprint density at radius 1 is 1.20 bits per heavy atom. The SMILES string of the molecule is [B]c1cc(C(=O)N(C)C2CCN(C)CC2)ccc1-n1nc(-c2cccnc2)c2c1-c1sc(NC(=O)OC)nc1CC2. The van der Waals surface area contributed by atoms with Crippen molar-refractivity contribution in [2.24, 2.45) is 0 Å². The van der Waals surface area contributed by atoms with Crippen LogP contribution in [0.3, 0.4) is 0 Å². The van der Waals surface area contributed by atoms with E-state index in [1.165, 1.54) is 18.4 Å². The zero-order chi connectivity index (χ0) is 28.7. The molecule has 1 aromatic carbocycles. The van der Waals surface area contributed by atoms with Gasteiger partial charge in [-0.3, -0.25) is 15.1 Å². The number of aryl methyl sites for hydroxylation is 1. The number of hydrogen-bond acceptors (Lipinski definition) is 8. The Balaban J connectivity index is 1.40. The van der Waals surface area contributed by atoms with E-state index in [4.69, 9.17) is 17.7 Å². The molecule has 208 valence electrons. The lowest BCUT2D eigenvalue weighted by Gasteiger charge is -2.35. The molecule has 0 bridgehead atoms. The zero-order valence-corrected chi connectivity index (χ0v) is 24.1. The first-order chi connectivity index (χ1) is 19.8. The molecule has 2 aliphatic rings. The number of likely N-dealkylation sites (tertiary alicyclic amines) is 1. The normalized spacial score (nSPS) is 15.2. The molecule has 12 heteroatoms. The van der Waals surface area contributed by atoms with Gasteiger partial charge in [0.25, 0.3) is 5.91 Å². The highest BCUT2D eigenvalue weighted by molar-refractivity contribution is 7.19. The lowest BCUT2D eigenvalue weighted by molar-refractivity contribution is 0.0659. The van der Waals surface area contributed by atoms with Crippen LogP contribution in [0, 0.1) is 0 Å². The summed E-state index contributed by atoms with van der Waals surface area (Å²) < 4.78 is 6.59. The second-order valence-corrected chi connectivity index (χ2v) is 11.5. The molecule has 1 saturated heterocycles. The van der Waals surface area contributed by atoms with Crippen molar-refractivity contribution in [2.75, 3.05) is 39.6 Å². The minimum absolute atomic E-state index is 0.0420. The van der Waals surface area contributed by atoms with Gasteiger partial charge in [-0.2, -0.15) is 5.10 Å². The molecular weight excluding hydrogens is 537 g/mol. The summed E-state index contributed by atoms with van der Waals surface area (Å²) in [5.41, 5.74) is 6.17. The van der Waals surface area contributed by atoms with E-state index in [9.17, 15) is 9.59 Å². The number of methoxy groups -OCH3 is 1. The summed E-state index contributed by atoms with van der Waals surface area (Å²) in [6.45, 7) is 1.95. The number of benzene rings is 1. The standard InChI is InChI=1S/C29H30BN7O3S/c1-35-13-10-19(11-14-35)36(2)27(38)17-6-9-23(21(30)15-17)37-25-20(24(34-37)18-5-4-12-31-16-18)7-8-22-26(25)41-28(32-22)33-29(39)40-3/h4-6,9,12,15-16,19H,7-8,10-11,13-14H2,1-3H3,(H,32,33,39). The van der Waals surface area contributed by atoms with Gasteiger partial charge >= 0.3 is 6.09 Å². The average molecular weight is 567 g/mol. The largest absolute Gasteiger partial charge is 0.453 e. The van der Waals surface area contributed by atoms with Gasteiger partial charge < -0.3 is 14.5 Å². The number of ether oxygens (including phenoxy) is 1. The van der Waals surface area contributed by atoms with Crippen molar-refractivity contribution in [1.29, 1.82) is 0 Å². The lowest BCUT2D eigenvalue weighted by Crippen LogP contribution is -2.44. The fourth-order valence-corrected chi connectivity index (χ4v) is 6.66. The van der Waals surface area contributed by atoms with Crippen molar-refractivity contribution >= 4 is 41.8 Å². The predicted octanol–water partition coefficient (Wildman–Crippen LogP) is 3.29. The van der Waals surface area contributed by atoms with E-state index >= 15 is 0 Å². The van der Waals surface area contributed by atoms with Crippen LogP contribution in [-0.4, -0.2) is 89.7 Å². The van der Waals surface area contributed by atoms with E-state index in [1.54, 1.807) is 18.5 Å². The van der Waals surface area contributed by atoms with Crippen LogP contribution in [0.4, 0.5) is 9.93 Å². The number of amides is 2. The highest BCUT2D eigenvalue weighted by atomic mass is 32.1. The summed E-state index contributed by atoms with van der Waals surface area (Å²) in [6.07, 6.45) is 6.27. The smallest absolute Gasteiger partial charge is 0.413 e. The summed E-state index contributed by atoms with van der Waals surface area (Å²) in [4.78, 5) is 39.3. The number of nitrogens with zero attached hydrogens (tertiary/aromatic N) is 6. The quantitative estimate of drug-likeness (QED) is 0.369. The Bertz CT molecular complexity index is 1610. The predicted molar refractivity (Wildman–Crippen MR) is 159 cm³/mol. The molecule has 4 heterocycles. The molecule has 2 radical (unpaired) electrons. The number of rotatable bonds is 5. The van der Waals surface area contributed by atoms with Crippen molar-refractivity contribution in [1.82, 2.24) is 29.5 Å². The third kappa shape index (κ3) is 5.13. The maximum atomic E-state index is 13.4. The highest BCUT2D eigenvalue weighted by Gasteiger charge is 2.31. The first kappa shape index (κ1) is 27.2. The van der Waals surface area contributed by atoms with Crippen molar-refractivity contribution in [3.05, 3.63) is 59.5 Å². The number of thiazole rings is 1. The fourth-order valence-electron chi connectivity index (χ4n) is 5.60. The molecule has 0 spiro atoms. The number of hydrogen-bond donors (Lipinski definition) is 1. The first-order valence-corrected chi connectivity index (χ1v) is 14.4. The van der Waals surface area contributed by atoms with Crippen molar-refractivity contribution < 1.29 is 14.3 Å². The van der Waals surface area contributed by atoms with Crippen LogP contribution in [0.15, 0.2) is 42.7 Å². The molecule has 0 unspecified atom stereocenters. The molecule has 1 N–H and O–H groups in total. The van der Waals surface area contributed by atoms with E-state index in [1.807, 2.05) is 40.9 Å². The molecule has 4 aromatic rings. The number of fused-ring (bicyclic) bond motifs is 3. The van der Waals surface area contributed by atoms with Gasteiger partial charge in [0.15, 0.2) is 5.13 Å². The molecule has 1 aliphatic heterocycles. The van der Waals surface area contributed by atoms with Crippen LogP contribution in [0.25, 0.3) is 27.5 Å². The van der Waals surface area contributed by atoms with Crippen LogP contribution in [-0.2, 0) is 17.6 Å².